The number of methoxy groups -OCH3 is 3. The van der Waals surface area contributed by atoms with Crippen molar-refractivity contribution in [1.29, 1.82) is 0 Å². The molecular weight excluding hydrogens is 394 g/mol. The number of ether oxygens (including phenoxy) is 3. The van der Waals surface area contributed by atoms with Crippen LogP contribution in [0.15, 0.2) is 48.5 Å². The zero-order chi connectivity index (χ0) is 21.0. The predicted molar refractivity (Wildman–Crippen MR) is 126 cm³/mol. The van der Waals surface area contributed by atoms with Gasteiger partial charge in [-0.15, -0.1) is 0 Å². The minimum atomic E-state index is -0.300. The SMILES string of the molecule is COc1ccc2c(c1)c1cc(OC)ccc1[s+]2-c1c(OC)ccc2[nH]c(C)c(C)c12. The van der Waals surface area contributed by atoms with E-state index in [1.54, 1.807) is 21.3 Å². The molecule has 0 amide bonds. The lowest BCUT2D eigenvalue weighted by Crippen LogP contribution is -1.87. The molecule has 0 fully saturated rings. The molecule has 2 aromatic heterocycles. The predicted octanol–water partition coefficient (Wildman–Crippen LogP) is 6.86. The summed E-state index contributed by atoms with van der Waals surface area (Å²) >= 11 is 0. The van der Waals surface area contributed by atoms with Crippen molar-refractivity contribution in [2.75, 3.05) is 21.3 Å². The fraction of sp³-hybridized carbons (Fsp3) is 0.200. The van der Waals surface area contributed by atoms with Crippen LogP contribution in [0, 0.1) is 13.8 Å². The number of aryl methyl sites for hydroxylation is 2. The quantitative estimate of drug-likeness (QED) is 0.324. The van der Waals surface area contributed by atoms with Crippen molar-refractivity contribution >= 4 is 41.5 Å². The van der Waals surface area contributed by atoms with E-state index in [1.165, 1.54) is 41.7 Å². The first-order valence-corrected chi connectivity index (χ1v) is 11.1. The van der Waals surface area contributed by atoms with E-state index in [4.69, 9.17) is 14.2 Å². The molecule has 0 aliphatic heterocycles. The Bertz CT molecular complexity index is 1370. The van der Waals surface area contributed by atoms with Crippen LogP contribution >= 0.6 is 10.5 Å². The second-order valence-electron chi connectivity index (χ2n) is 7.42. The first-order chi connectivity index (χ1) is 14.6. The monoisotopic (exact) mass is 418 g/mol. The second-order valence-corrected chi connectivity index (χ2v) is 9.33. The van der Waals surface area contributed by atoms with E-state index in [-0.39, 0.29) is 10.5 Å². The van der Waals surface area contributed by atoms with Crippen molar-refractivity contribution in [3.05, 3.63) is 59.8 Å². The molecule has 0 atom stereocenters. The third kappa shape index (κ3) is 2.58. The lowest BCUT2D eigenvalue weighted by Gasteiger charge is -2.05. The number of fused-ring (bicyclic) bond motifs is 4. The maximum absolute atomic E-state index is 5.89. The summed E-state index contributed by atoms with van der Waals surface area (Å²) in [4.78, 5) is 4.76. The van der Waals surface area contributed by atoms with Crippen LogP contribution in [0.2, 0.25) is 0 Å². The summed E-state index contributed by atoms with van der Waals surface area (Å²) in [6, 6.07) is 16.9. The van der Waals surface area contributed by atoms with E-state index in [0.29, 0.717) is 0 Å². The van der Waals surface area contributed by atoms with Crippen LogP contribution in [0.5, 0.6) is 17.2 Å². The lowest BCUT2D eigenvalue weighted by atomic mass is 10.1. The number of hydrogen-bond acceptors (Lipinski definition) is 3. The van der Waals surface area contributed by atoms with Gasteiger partial charge < -0.3 is 19.2 Å². The van der Waals surface area contributed by atoms with Gasteiger partial charge in [-0.05, 0) is 55.8 Å². The number of benzene rings is 3. The van der Waals surface area contributed by atoms with Gasteiger partial charge in [-0.1, -0.05) is 0 Å². The lowest BCUT2D eigenvalue weighted by molar-refractivity contribution is 0.415. The molecule has 0 aliphatic rings. The first-order valence-electron chi connectivity index (χ1n) is 9.84. The van der Waals surface area contributed by atoms with Crippen LogP contribution in [0.4, 0.5) is 0 Å². The van der Waals surface area contributed by atoms with Crippen LogP contribution in [0.1, 0.15) is 11.3 Å². The summed E-state index contributed by atoms with van der Waals surface area (Å²) in [5.74, 6) is 2.62. The van der Waals surface area contributed by atoms with Crippen molar-refractivity contribution < 1.29 is 14.2 Å². The zero-order valence-electron chi connectivity index (χ0n) is 17.8. The van der Waals surface area contributed by atoms with Gasteiger partial charge in [-0.3, -0.25) is 0 Å². The molecule has 30 heavy (non-hydrogen) atoms. The van der Waals surface area contributed by atoms with E-state index >= 15 is 0 Å². The standard InChI is InChI=1S/C25H24NO3S/c1-14-15(2)26-20-8-9-21(29-5)25(24(14)20)30-22-10-6-16(27-3)12-18(22)19-13-17(28-4)7-11-23(19)30/h6-13,26H,1-5H3/q+1. The molecule has 0 aliphatic carbocycles. The number of aromatic amines is 1. The average molecular weight is 419 g/mol. The van der Waals surface area contributed by atoms with Gasteiger partial charge >= 0.3 is 0 Å². The zero-order valence-corrected chi connectivity index (χ0v) is 18.6. The fourth-order valence-electron chi connectivity index (χ4n) is 4.27. The van der Waals surface area contributed by atoms with Gasteiger partial charge in [0.25, 0.3) is 0 Å². The molecule has 0 radical (unpaired) electrons. The van der Waals surface area contributed by atoms with E-state index in [0.717, 1.165) is 22.8 Å². The summed E-state index contributed by atoms with van der Waals surface area (Å²) < 4.78 is 19.5. The van der Waals surface area contributed by atoms with Crippen LogP contribution in [0.3, 0.4) is 0 Å². The molecule has 5 rings (SSSR count). The molecule has 0 saturated heterocycles. The fourth-order valence-corrected chi connectivity index (χ4v) is 6.96. The van der Waals surface area contributed by atoms with Gasteiger partial charge in [-0.25, -0.2) is 0 Å². The van der Waals surface area contributed by atoms with Gasteiger partial charge in [0.05, 0.1) is 43.0 Å². The highest BCUT2D eigenvalue weighted by molar-refractivity contribution is 7.51. The van der Waals surface area contributed by atoms with E-state index in [9.17, 15) is 0 Å². The Kier molecular flexibility index (Phi) is 4.36. The van der Waals surface area contributed by atoms with Crippen molar-refractivity contribution in [1.82, 2.24) is 4.98 Å². The van der Waals surface area contributed by atoms with E-state index in [1.807, 2.05) is 12.1 Å². The molecular formula is C25H24NO3S+. The highest BCUT2D eigenvalue weighted by atomic mass is 32.2. The van der Waals surface area contributed by atoms with Gasteiger partial charge in [0.1, 0.15) is 11.5 Å². The molecule has 0 unspecified atom stereocenters. The Morgan fingerprint density at radius 3 is 1.87 bits per heavy atom. The summed E-state index contributed by atoms with van der Waals surface area (Å²) in [5, 5.41) is 3.63. The molecule has 4 nitrogen and oxygen atoms in total. The van der Waals surface area contributed by atoms with Crippen LogP contribution in [-0.2, 0) is 0 Å². The van der Waals surface area contributed by atoms with Crippen LogP contribution < -0.4 is 14.2 Å². The molecule has 152 valence electrons. The third-order valence-electron chi connectivity index (χ3n) is 5.91. The Balaban J connectivity index is 2.01. The summed E-state index contributed by atoms with van der Waals surface area (Å²) in [7, 11) is 4.87. The minimum absolute atomic E-state index is 0.300. The maximum atomic E-state index is 5.89. The Morgan fingerprint density at radius 2 is 1.33 bits per heavy atom. The normalized spacial score (nSPS) is 11.5. The number of nitrogens with one attached hydrogen (secondary N) is 1. The number of hydrogen-bond donors (Lipinski definition) is 1. The van der Waals surface area contributed by atoms with Gasteiger partial charge in [-0.2, -0.15) is 0 Å². The molecule has 1 N–H and O–H groups in total. The molecule has 5 heteroatoms. The second kappa shape index (κ2) is 6.96. The Labute approximate surface area is 178 Å². The molecule has 0 bridgehead atoms. The van der Waals surface area contributed by atoms with Gasteiger partial charge in [0, 0.05) is 28.3 Å². The topological polar surface area (TPSA) is 43.5 Å². The smallest absolute Gasteiger partial charge is 0.231 e. The maximum Gasteiger partial charge on any atom is 0.231 e. The number of H-pyrrole nitrogens is 1. The molecule has 5 aromatic rings. The molecule has 2 heterocycles. The van der Waals surface area contributed by atoms with Crippen LogP contribution in [-0.4, -0.2) is 26.3 Å². The van der Waals surface area contributed by atoms with Crippen LogP contribution in [0.25, 0.3) is 36.0 Å². The number of aromatic nitrogens is 1. The molecule has 0 spiro atoms. The average Bonchev–Trinajstić information content (AvgIpc) is 3.25. The van der Waals surface area contributed by atoms with Gasteiger partial charge in [0.2, 0.25) is 4.90 Å². The number of rotatable bonds is 4. The molecule has 3 aromatic carbocycles. The first kappa shape index (κ1) is 18.8. The minimum Gasteiger partial charge on any atom is -0.497 e. The summed E-state index contributed by atoms with van der Waals surface area (Å²) in [6.07, 6.45) is 0. The highest BCUT2D eigenvalue weighted by Crippen LogP contribution is 2.55. The number of thiophene rings is 1. The van der Waals surface area contributed by atoms with E-state index in [2.05, 4.69) is 55.2 Å². The van der Waals surface area contributed by atoms with Crippen molar-refractivity contribution in [3.8, 4) is 22.1 Å². The summed E-state index contributed by atoms with van der Waals surface area (Å²) in [6.45, 7) is 4.31. The van der Waals surface area contributed by atoms with Crippen molar-refractivity contribution in [3.63, 3.8) is 0 Å². The Morgan fingerprint density at radius 1 is 0.733 bits per heavy atom. The van der Waals surface area contributed by atoms with Gasteiger partial charge in [0.15, 0.2) is 15.1 Å². The Hall–Kier alpha value is -3.18. The van der Waals surface area contributed by atoms with Crippen molar-refractivity contribution in [2.24, 2.45) is 0 Å². The molecule has 0 saturated carbocycles. The summed E-state index contributed by atoms with van der Waals surface area (Å²) in [5.41, 5.74) is 3.60. The highest BCUT2D eigenvalue weighted by Gasteiger charge is 2.31. The van der Waals surface area contributed by atoms with Crippen molar-refractivity contribution in [2.45, 2.75) is 13.8 Å². The third-order valence-corrected chi connectivity index (χ3v) is 8.31. The van der Waals surface area contributed by atoms with E-state index < -0.39 is 0 Å². The largest absolute Gasteiger partial charge is 0.497 e.